The van der Waals surface area contributed by atoms with Crippen LogP contribution >= 0.6 is 0 Å². The number of benzene rings is 1. The minimum atomic E-state index is -4.50. The molecule has 0 spiro atoms. The van der Waals surface area contributed by atoms with Crippen molar-refractivity contribution in [2.45, 2.75) is 50.7 Å². The number of nitrogens with zero attached hydrogens (tertiary/aromatic N) is 1. The number of rotatable bonds is 3. The highest BCUT2D eigenvalue weighted by Gasteiger charge is 2.33. The smallest absolute Gasteiger partial charge is 0.349 e. The lowest BCUT2D eigenvalue weighted by atomic mass is 9.81. The molecule has 0 unspecified atom stereocenters. The van der Waals surface area contributed by atoms with E-state index in [0.29, 0.717) is 5.92 Å². The van der Waals surface area contributed by atoms with E-state index in [4.69, 9.17) is 0 Å². The molecule has 1 fully saturated rings. The van der Waals surface area contributed by atoms with Crippen LogP contribution in [0.15, 0.2) is 42.5 Å². The van der Waals surface area contributed by atoms with Crippen LogP contribution in [0, 0.1) is 6.92 Å². The Bertz CT molecular complexity index is 766. The van der Waals surface area contributed by atoms with Gasteiger partial charge in [-0.1, -0.05) is 30.3 Å². The van der Waals surface area contributed by atoms with Crippen molar-refractivity contribution in [3.8, 4) is 0 Å². The highest BCUT2D eigenvalue weighted by atomic mass is 19.4. The number of hydrogen-bond acceptors (Lipinski definition) is 2. The summed E-state index contributed by atoms with van der Waals surface area (Å²) in [6.07, 6.45) is -0.815. The third-order valence-corrected chi connectivity index (χ3v) is 4.95. The van der Waals surface area contributed by atoms with Crippen molar-refractivity contribution in [3.05, 3.63) is 65.0 Å². The van der Waals surface area contributed by atoms with E-state index in [0.717, 1.165) is 31.7 Å². The molecule has 3 nitrogen and oxygen atoms in total. The minimum absolute atomic E-state index is 0.0455. The van der Waals surface area contributed by atoms with Crippen LogP contribution in [0.5, 0.6) is 0 Å². The summed E-state index contributed by atoms with van der Waals surface area (Å²) in [5.74, 6) is 0.144. The number of aryl methyl sites for hydroxylation is 1. The Hall–Kier alpha value is -2.37. The lowest BCUT2D eigenvalue weighted by Gasteiger charge is -2.29. The summed E-state index contributed by atoms with van der Waals surface area (Å²) in [7, 11) is 0. The molecule has 0 bridgehead atoms. The van der Waals surface area contributed by atoms with Gasteiger partial charge in [-0.2, -0.15) is 13.2 Å². The molecule has 1 aromatic carbocycles. The van der Waals surface area contributed by atoms with E-state index in [1.54, 1.807) is 0 Å². The average molecular weight is 362 g/mol. The summed E-state index contributed by atoms with van der Waals surface area (Å²) in [5, 5.41) is 2.95. The maximum absolute atomic E-state index is 12.7. The van der Waals surface area contributed by atoms with Gasteiger partial charge in [0.2, 0.25) is 0 Å². The zero-order valence-electron chi connectivity index (χ0n) is 14.5. The topological polar surface area (TPSA) is 42.0 Å². The highest BCUT2D eigenvalue weighted by molar-refractivity contribution is 5.95. The zero-order chi connectivity index (χ0) is 18.7. The van der Waals surface area contributed by atoms with Crippen molar-refractivity contribution in [1.29, 1.82) is 0 Å². The first-order valence-corrected chi connectivity index (χ1v) is 8.75. The van der Waals surface area contributed by atoms with Gasteiger partial charge in [0.1, 0.15) is 5.69 Å². The molecule has 1 aromatic heterocycles. The number of pyridine rings is 1. The van der Waals surface area contributed by atoms with Gasteiger partial charge in [0, 0.05) is 6.04 Å². The van der Waals surface area contributed by atoms with Gasteiger partial charge in [-0.25, -0.2) is 4.98 Å². The molecule has 1 N–H and O–H groups in total. The molecule has 2 aromatic rings. The quantitative estimate of drug-likeness (QED) is 0.847. The van der Waals surface area contributed by atoms with Crippen LogP contribution in [0.4, 0.5) is 13.2 Å². The lowest BCUT2D eigenvalue weighted by molar-refractivity contribution is -0.141. The Morgan fingerprint density at radius 3 is 2.27 bits per heavy atom. The summed E-state index contributed by atoms with van der Waals surface area (Å²) >= 11 is 0. The minimum Gasteiger partial charge on any atom is -0.349 e. The fraction of sp³-hybridized carbons (Fsp3) is 0.400. The van der Waals surface area contributed by atoms with E-state index in [1.165, 1.54) is 18.6 Å². The van der Waals surface area contributed by atoms with Gasteiger partial charge in [-0.3, -0.25) is 4.79 Å². The largest absolute Gasteiger partial charge is 0.433 e. The van der Waals surface area contributed by atoms with Crippen LogP contribution < -0.4 is 5.32 Å². The van der Waals surface area contributed by atoms with Crippen LogP contribution in [0.1, 0.15) is 58.9 Å². The highest BCUT2D eigenvalue weighted by Crippen LogP contribution is 2.33. The number of amides is 1. The van der Waals surface area contributed by atoms with Gasteiger partial charge < -0.3 is 5.32 Å². The summed E-state index contributed by atoms with van der Waals surface area (Å²) in [4.78, 5) is 15.9. The van der Waals surface area contributed by atoms with Crippen LogP contribution in [-0.2, 0) is 6.18 Å². The second-order valence-corrected chi connectivity index (χ2v) is 6.76. The molecule has 1 amide bonds. The monoisotopic (exact) mass is 362 g/mol. The summed E-state index contributed by atoms with van der Waals surface area (Å²) in [6, 6.07) is 12.4. The molecule has 1 aliphatic rings. The van der Waals surface area contributed by atoms with Gasteiger partial charge in [0.25, 0.3) is 5.91 Å². The number of carbonyl (C=O) groups is 1. The van der Waals surface area contributed by atoms with E-state index < -0.39 is 11.9 Å². The molecule has 3 rings (SSSR count). The van der Waals surface area contributed by atoms with Crippen LogP contribution in [0.3, 0.4) is 0 Å². The molecule has 0 atom stereocenters. The van der Waals surface area contributed by atoms with Gasteiger partial charge in [0.05, 0.1) is 11.3 Å². The Balaban J connectivity index is 1.59. The summed E-state index contributed by atoms with van der Waals surface area (Å²) < 4.78 is 38.1. The van der Waals surface area contributed by atoms with Crippen LogP contribution in [0.2, 0.25) is 0 Å². The summed E-state index contributed by atoms with van der Waals surface area (Å²) in [5.41, 5.74) is 0.633. The number of aromatic nitrogens is 1. The van der Waals surface area contributed by atoms with Gasteiger partial charge in [0.15, 0.2) is 0 Å². The van der Waals surface area contributed by atoms with Crippen LogP contribution in [-0.4, -0.2) is 16.9 Å². The molecule has 6 heteroatoms. The summed E-state index contributed by atoms with van der Waals surface area (Å²) in [6.45, 7) is 1.43. The van der Waals surface area contributed by atoms with Gasteiger partial charge >= 0.3 is 6.18 Å². The molecule has 0 saturated heterocycles. The lowest BCUT2D eigenvalue weighted by Crippen LogP contribution is -2.37. The molecule has 26 heavy (non-hydrogen) atoms. The average Bonchev–Trinajstić information content (AvgIpc) is 2.62. The molecular weight excluding hydrogens is 341 g/mol. The van der Waals surface area contributed by atoms with Gasteiger partial charge in [-0.05, 0) is 56.2 Å². The molecule has 0 radical (unpaired) electrons. The second-order valence-electron chi connectivity index (χ2n) is 6.76. The number of nitrogens with one attached hydrogen (secondary N) is 1. The molecule has 1 aliphatic carbocycles. The molecular formula is C20H21F3N2O. The Morgan fingerprint density at radius 2 is 1.69 bits per heavy atom. The SMILES string of the molecule is Cc1nc(C(F)(F)F)ccc1C(=O)NC1CCC(c2ccccc2)CC1. The Labute approximate surface area is 150 Å². The third kappa shape index (κ3) is 4.23. The number of halogens is 3. The standard InChI is InChI=1S/C20H21F3N2O/c1-13-17(11-12-18(24-13)20(21,22)23)19(26)25-16-9-7-15(8-10-16)14-5-3-2-4-6-14/h2-6,11-12,15-16H,7-10H2,1H3,(H,25,26). The zero-order valence-corrected chi connectivity index (χ0v) is 14.5. The van der Waals surface area contributed by atoms with Crippen molar-refractivity contribution < 1.29 is 18.0 Å². The van der Waals surface area contributed by atoms with E-state index in [9.17, 15) is 18.0 Å². The second kappa shape index (κ2) is 7.48. The van der Waals surface area contributed by atoms with Crippen molar-refractivity contribution in [2.75, 3.05) is 0 Å². The third-order valence-electron chi connectivity index (χ3n) is 4.95. The molecule has 0 aliphatic heterocycles. The van der Waals surface area contributed by atoms with Crippen LogP contribution in [0.25, 0.3) is 0 Å². The first-order chi connectivity index (χ1) is 12.3. The predicted molar refractivity (Wildman–Crippen MR) is 92.9 cm³/mol. The fourth-order valence-electron chi connectivity index (χ4n) is 3.52. The van der Waals surface area contributed by atoms with E-state index >= 15 is 0 Å². The van der Waals surface area contributed by atoms with E-state index in [2.05, 4.69) is 22.4 Å². The Kier molecular flexibility index (Phi) is 5.30. The van der Waals surface area contributed by atoms with Crippen molar-refractivity contribution >= 4 is 5.91 Å². The Morgan fingerprint density at radius 1 is 1.04 bits per heavy atom. The first kappa shape index (κ1) is 18.4. The van der Waals surface area contributed by atoms with Crippen molar-refractivity contribution in [2.24, 2.45) is 0 Å². The molecule has 1 heterocycles. The van der Waals surface area contributed by atoms with E-state index in [-0.39, 0.29) is 23.2 Å². The normalized spacial score (nSPS) is 20.6. The van der Waals surface area contributed by atoms with E-state index in [1.807, 2.05) is 18.2 Å². The maximum atomic E-state index is 12.7. The number of carbonyl (C=O) groups excluding carboxylic acids is 1. The number of alkyl halides is 3. The van der Waals surface area contributed by atoms with Crippen molar-refractivity contribution in [1.82, 2.24) is 10.3 Å². The first-order valence-electron chi connectivity index (χ1n) is 8.75. The van der Waals surface area contributed by atoms with Crippen molar-refractivity contribution in [3.63, 3.8) is 0 Å². The molecule has 138 valence electrons. The van der Waals surface area contributed by atoms with Gasteiger partial charge in [-0.15, -0.1) is 0 Å². The maximum Gasteiger partial charge on any atom is 0.433 e. The molecule has 1 saturated carbocycles. The fourth-order valence-corrected chi connectivity index (χ4v) is 3.52. The predicted octanol–water partition coefficient (Wildman–Crippen LogP) is 4.87. The number of hydrogen-bond donors (Lipinski definition) is 1.